The summed E-state index contributed by atoms with van der Waals surface area (Å²) in [4.78, 5) is 21.0. The van der Waals surface area contributed by atoms with Gasteiger partial charge in [-0.2, -0.15) is 0 Å². The Balaban J connectivity index is 1.49. The number of anilines is 1. The maximum atomic E-state index is 13.9. The van der Waals surface area contributed by atoms with Gasteiger partial charge >= 0.3 is 0 Å². The molecule has 0 saturated carbocycles. The van der Waals surface area contributed by atoms with E-state index < -0.39 is 0 Å². The third-order valence-electron chi connectivity index (χ3n) is 4.66. The predicted molar refractivity (Wildman–Crippen MR) is 94.4 cm³/mol. The summed E-state index contributed by atoms with van der Waals surface area (Å²) in [6, 6.07) is 10.7. The highest BCUT2D eigenvalue weighted by Crippen LogP contribution is 2.21. The van der Waals surface area contributed by atoms with Gasteiger partial charge in [-0.25, -0.2) is 9.37 Å². The van der Waals surface area contributed by atoms with Crippen LogP contribution >= 0.6 is 0 Å². The molecule has 0 radical (unpaired) electrons. The number of aryl methyl sites for hydroxylation is 1. The molecule has 2 aromatic heterocycles. The van der Waals surface area contributed by atoms with E-state index in [9.17, 15) is 9.18 Å². The Hall–Kier alpha value is -2.89. The van der Waals surface area contributed by atoms with Crippen LogP contribution in [-0.4, -0.2) is 46.4 Å². The monoisotopic (exact) mass is 338 g/mol. The number of hydrogen-bond acceptors (Lipinski definition) is 3. The molecule has 0 N–H and O–H groups in total. The number of rotatable bonds is 2. The molecule has 0 bridgehead atoms. The molecular formula is C19H19FN4O. The molecule has 1 fully saturated rings. The van der Waals surface area contributed by atoms with Crippen molar-refractivity contribution in [3.05, 3.63) is 65.9 Å². The minimum atomic E-state index is -0.224. The van der Waals surface area contributed by atoms with Gasteiger partial charge in [0, 0.05) is 38.6 Å². The Morgan fingerprint density at radius 3 is 2.56 bits per heavy atom. The summed E-state index contributed by atoms with van der Waals surface area (Å²) in [6.07, 6.45) is 3.66. The van der Waals surface area contributed by atoms with Crippen LogP contribution in [0, 0.1) is 12.7 Å². The SMILES string of the molecule is Cc1cccn2cc(C(=O)N3CCN(c4ccccc4F)CC3)nc12. The van der Waals surface area contributed by atoms with Crippen LogP contribution in [0.1, 0.15) is 16.1 Å². The average Bonchev–Trinajstić information content (AvgIpc) is 3.07. The molecule has 1 amide bonds. The molecule has 3 aromatic rings. The van der Waals surface area contributed by atoms with Crippen molar-refractivity contribution < 1.29 is 9.18 Å². The van der Waals surface area contributed by atoms with Crippen molar-refractivity contribution in [3.8, 4) is 0 Å². The van der Waals surface area contributed by atoms with Crippen LogP contribution in [0.3, 0.4) is 0 Å². The van der Waals surface area contributed by atoms with Gasteiger partial charge in [-0.15, -0.1) is 0 Å². The zero-order valence-corrected chi connectivity index (χ0v) is 14.0. The highest BCUT2D eigenvalue weighted by Gasteiger charge is 2.25. The number of aromatic nitrogens is 2. The fourth-order valence-corrected chi connectivity index (χ4v) is 3.28. The number of carbonyl (C=O) groups excluding carboxylic acids is 1. The van der Waals surface area contributed by atoms with Crippen LogP contribution in [0.5, 0.6) is 0 Å². The van der Waals surface area contributed by atoms with Gasteiger partial charge in [0.05, 0.1) is 5.69 Å². The van der Waals surface area contributed by atoms with Crippen molar-refractivity contribution in [2.45, 2.75) is 6.92 Å². The van der Waals surface area contributed by atoms with Crippen LogP contribution < -0.4 is 4.90 Å². The molecule has 0 unspecified atom stereocenters. The minimum Gasteiger partial charge on any atom is -0.366 e. The fourth-order valence-electron chi connectivity index (χ4n) is 3.28. The van der Waals surface area contributed by atoms with E-state index in [0.717, 1.165) is 11.2 Å². The van der Waals surface area contributed by atoms with Crippen molar-refractivity contribution in [3.63, 3.8) is 0 Å². The zero-order valence-electron chi connectivity index (χ0n) is 14.0. The summed E-state index contributed by atoms with van der Waals surface area (Å²) in [5.41, 5.74) is 2.88. The summed E-state index contributed by atoms with van der Waals surface area (Å²) in [7, 11) is 0. The molecule has 128 valence electrons. The molecule has 0 spiro atoms. The van der Waals surface area contributed by atoms with E-state index in [4.69, 9.17) is 0 Å². The Morgan fingerprint density at radius 1 is 1.08 bits per heavy atom. The first-order chi connectivity index (χ1) is 12.1. The second-order valence-electron chi connectivity index (χ2n) is 6.28. The Bertz CT molecular complexity index is 928. The van der Waals surface area contributed by atoms with E-state index in [2.05, 4.69) is 4.98 Å². The van der Waals surface area contributed by atoms with Crippen molar-refractivity contribution >= 4 is 17.2 Å². The maximum absolute atomic E-state index is 13.9. The molecule has 4 rings (SSSR count). The lowest BCUT2D eigenvalue weighted by molar-refractivity contribution is 0.0741. The molecule has 3 heterocycles. The fraction of sp³-hybridized carbons (Fsp3) is 0.263. The molecule has 5 nitrogen and oxygen atoms in total. The van der Waals surface area contributed by atoms with Gasteiger partial charge in [-0.3, -0.25) is 4.79 Å². The lowest BCUT2D eigenvalue weighted by atomic mass is 10.2. The molecule has 1 aliphatic rings. The first-order valence-corrected chi connectivity index (χ1v) is 8.36. The van der Waals surface area contributed by atoms with Gasteiger partial charge in [0.25, 0.3) is 5.91 Å². The second-order valence-corrected chi connectivity index (χ2v) is 6.28. The highest BCUT2D eigenvalue weighted by atomic mass is 19.1. The smallest absolute Gasteiger partial charge is 0.274 e. The van der Waals surface area contributed by atoms with Crippen molar-refractivity contribution in [2.75, 3.05) is 31.1 Å². The van der Waals surface area contributed by atoms with Gasteiger partial charge in [0.2, 0.25) is 0 Å². The summed E-state index contributed by atoms with van der Waals surface area (Å²) < 4.78 is 15.8. The van der Waals surface area contributed by atoms with Crippen LogP contribution in [0.2, 0.25) is 0 Å². The molecule has 0 aliphatic carbocycles. The van der Waals surface area contributed by atoms with E-state index in [1.54, 1.807) is 23.2 Å². The van der Waals surface area contributed by atoms with Crippen LogP contribution in [0.25, 0.3) is 5.65 Å². The first-order valence-electron chi connectivity index (χ1n) is 8.36. The predicted octanol–water partition coefficient (Wildman–Crippen LogP) is 2.74. The number of imidazole rings is 1. The van der Waals surface area contributed by atoms with Gasteiger partial charge < -0.3 is 14.2 Å². The normalized spacial score (nSPS) is 15.0. The summed E-state index contributed by atoms with van der Waals surface area (Å²) >= 11 is 0. The molecule has 6 heteroatoms. The molecule has 25 heavy (non-hydrogen) atoms. The molecular weight excluding hydrogens is 319 g/mol. The number of para-hydroxylation sites is 1. The summed E-state index contributed by atoms with van der Waals surface area (Å²) in [5, 5.41) is 0. The number of halogens is 1. The van der Waals surface area contributed by atoms with Gasteiger partial charge in [-0.05, 0) is 30.7 Å². The largest absolute Gasteiger partial charge is 0.366 e. The quantitative estimate of drug-likeness (QED) is 0.721. The minimum absolute atomic E-state index is 0.0729. The Morgan fingerprint density at radius 2 is 1.84 bits per heavy atom. The van der Waals surface area contributed by atoms with Crippen molar-refractivity contribution in [1.29, 1.82) is 0 Å². The molecule has 1 saturated heterocycles. The van der Waals surface area contributed by atoms with Crippen molar-refractivity contribution in [1.82, 2.24) is 14.3 Å². The number of benzene rings is 1. The number of nitrogens with zero attached hydrogens (tertiary/aromatic N) is 4. The second kappa shape index (κ2) is 6.20. The van der Waals surface area contributed by atoms with E-state index in [0.29, 0.717) is 37.6 Å². The van der Waals surface area contributed by atoms with E-state index >= 15 is 0 Å². The van der Waals surface area contributed by atoms with E-state index in [1.807, 2.05) is 40.6 Å². The van der Waals surface area contributed by atoms with Crippen molar-refractivity contribution in [2.24, 2.45) is 0 Å². The summed E-state index contributed by atoms with van der Waals surface area (Å²) in [6.45, 7) is 4.31. The number of piperazine rings is 1. The van der Waals surface area contributed by atoms with Crippen LogP contribution in [-0.2, 0) is 0 Å². The Labute approximate surface area is 145 Å². The standard InChI is InChI=1S/C19H19FN4O/c1-14-5-4-8-24-13-16(21-18(14)24)19(25)23-11-9-22(10-12-23)17-7-3-2-6-15(17)20/h2-8,13H,9-12H2,1H3. The maximum Gasteiger partial charge on any atom is 0.274 e. The number of amides is 1. The first kappa shape index (κ1) is 15.6. The number of fused-ring (bicyclic) bond motifs is 1. The number of carbonyl (C=O) groups is 1. The number of pyridine rings is 1. The summed E-state index contributed by atoms with van der Waals surface area (Å²) in [5.74, 6) is -0.297. The lowest BCUT2D eigenvalue weighted by Crippen LogP contribution is -2.49. The third-order valence-corrected chi connectivity index (χ3v) is 4.66. The van der Waals surface area contributed by atoms with E-state index in [-0.39, 0.29) is 11.7 Å². The average molecular weight is 338 g/mol. The number of hydrogen-bond donors (Lipinski definition) is 0. The van der Waals surface area contributed by atoms with Crippen LogP contribution in [0.15, 0.2) is 48.8 Å². The van der Waals surface area contributed by atoms with Gasteiger partial charge in [0.15, 0.2) is 0 Å². The topological polar surface area (TPSA) is 40.9 Å². The van der Waals surface area contributed by atoms with E-state index in [1.165, 1.54) is 6.07 Å². The zero-order chi connectivity index (χ0) is 17.4. The molecule has 1 aromatic carbocycles. The lowest BCUT2D eigenvalue weighted by Gasteiger charge is -2.35. The Kier molecular flexibility index (Phi) is 3.87. The highest BCUT2D eigenvalue weighted by molar-refractivity contribution is 5.93. The van der Waals surface area contributed by atoms with Gasteiger partial charge in [-0.1, -0.05) is 18.2 Å². The third kappa shape index (κ3) is 2.84. The van der Waals surface area contributed by atoms with Crippen LogP contribution in [0.4, 0.5) is 10.1 Å². The van der Waals surface area contributed by atoms with Gasteiger partial charge in [0.1, 0.15) is 17.2 Å². The molecule has 0 atom stereocenters. The molecule has 1 aliphatic heterocycles.